The van der Waals surface area contributed by atoms with Crippen LogP contribution in [0.15, 0.2) is 121 Å². The lowest BCUT2D eigenvalue weighted by molar-refractivity contribution is -0.144. The van der Waals surface area contributed by atoms with Gasteiger partial charge in [0.2, 0.25) is 0 Å². The Morgan fingerprint density at radius 3 is 1.19 bits per heavy atom. The molecule has 0 fully saturated rings. The predicted molar refractivity (Wildman–Crippen MR) is 240 cm³/mol. The van der Waals surface area contributed by atoms with Gasteiger partial charge in [0, 0.05) is 11.1 Å². The molecule has 0 bridgehead atoms. The second-order valence-electron chi connectivity index (χ2n) is 16.2. The highest BCUT2D eigenvalue weighted by Crippen LogP contribution is 2.56. The first-order chi connectivity index (χ1) is 30.2. The van der Waals surface area contributed by atoms with E-state index in [2.05, 4.69) is 86.0 Å². The summed E-state index contributed by atoms with van der Waals surface area (Å²) >= 11 is 0. The molecule has 12 nitrogen and oxygen atoms in total. The standard InChI is InChI=1S/C51H62O12/c1-33(2)49(54)62-31-41(52)29-58-35(5)25-56-37(7)27-60-43-21-17-39(18-22-43)51(47-15-11-9-13-45(47)46-14-10-12-16-48(46)51)40-19-23-44(24-20-40)61-28-38(8)57-26-36(6)59-30-42(53)32-63-50(55)34(3)4/h9-24,35-38,41-42,52-53H,1,3,25-32H2,2,4-8H3. The Morgan fingerprint density at radius 2 is 0.825 bits per heavy atom. The van der Waals surface area contributed by atoms with E-state index in [-0.39, 0.29) is 62.0 Å². The van der Waals surface area contributed by atoms with Crippen LogP contribution in [0.2, 0.25) is 0 Å². The van der Waals surface area contributed by atoms with Crippen LogP contribution in [0, 0.1) is 0 Å². The highest BCUT2D eigenvalue weighted by atomic mass is 16.6. The molecule has 5 rings (SSSR count). The van der Waals surface area contributed by atoms with Gasteiger partial charge in [-0.3, -0.25) is 0 Å². The lowest BCUT2D eigenvalue weighted by atomic mass is 9.68. The number of hydrogen-bond acceptors (Lipinski definition) is 12. The molecule has 0 heterocycles. The molecule has 0 saturated heterocycles. The molecule has 6 atom stereocenters. The van der Waals surface area contributed by atoms with E-state index in [0.717, 1.165) is 11.1 Å². The highest BCUT2D eigenvalue weighted by molar-refractivity contribution is 5.88. The molecule has 1 aliphatic rings. The Kier molecular flexibility index (Phi) is 18.1. The first-order valence-electron chi connectivity index (χ1n) is 21.3. The number of carbonyl (C=O) groups is 2. The summed E-state index contributed by atoms with van der Waals surface area (Å²) in [6, 6.07) is 33.6. The number of fused-ring (bicyclic) bond motifs is 3. The Morgan fingerprint density at radius 1 is 0.492 bits per heavy atom. The van der Waals surface area contributed by atoms with Crippen molar-refractivity contribution in [1.82, 2.24) is 0 Å². The third kappa shape index (κ3) is 13.3. The zero-order valence-corrected chi connectivity index (χ0v) is 37.2. The van der Waals surface area contributed by atoms with Crippen molar-refractivity contribution in [2.24, 2.45) is 0 Å². The lowest BCUT2D eigenvalue weighted by Crippen LogP contribution is -2.29. The number of benzene rings is 4. The van der Waals surface area contributed by atoms with Gasteiger partial charge in [0.05, 0.1) is 56.3 Å². The third-order valence-electron chi connectivity index (χ3n) is 10.4. The summed E-state index contributed by atoms with van der Waals surface area (Å²) in [5.41, 5.74) is 6.85. The van der Waals surface area contributed by atoms with Gasteiger partial charge >= 0.3 is 11.9 Å². The summed E-state index contributed by atoms with van der Waals surface area (Å²) in [5, 5.41) is 20.2. The zero-order chi connectivity index (χ0) is 45.5. The van der Waals surface area contributed by atoms with Gasteiger partial charge in [0.25, 0.3) is 0 Å². The fourth-order valence-corrected chi connectivity index (χ4v) is 7.08. The van der Waals surface area contributed by atoms with E-state index in [0.29, 0.717) is 37.9 Å². The molecule has 63 heavy (non-hydrogen) atoms. The van der Waals surface area contributed by atoms with E-state index in [1.165, 1.54) is 22.3 Å². The van der Waals surface area contributed by atoms with E-state index in [4.69, 9.17) is 37.9 Å². The van der Waals surface area contributed by atoms with Crippen LogP contribution in [0.5, 0.6) is 11.5 Å². The summed E-state index contributed by atoms with van der Waals surface area (Å²) in [6.45, 7) is 18.6. The summed E-state index contributed by atoms with van der Waals surface area (Å²) in [6.07, 6.45) is -2.97. The van der Waals surface area contributed by atoms with Gasteiger partial charge < -0.3 is 48.1 Å². The number of hydrogen-bond donors (Lipinski definition) is 2. The number of aliphatic hydroxyl groups is 2. The van der Waals surface area contributed by atoms with Crippen molar-refractivity contribution in [3.05, 3.63) is 144 Å². The average molecular weight is 867 g/mol. The molecule has 0 saturated carbocycles. The summed E-state index contributed by atoms with van der Waals surface area (Å²) < 4.78 is 45.6. The summed E-state index contributed by atoms with van der Waals surface area (Å²) in [4.78, 5) is 23.1. The van der Waals surface area contributed by atoms with E-state index in [1.54, 1.807) is 13.8 Å². The molecule has 4 aromatic carbocycles. The van der Waals surface area contributed by atoms with Gasteiger partial charge in [-0.05, 0) is 99.2 Å². The maximum atomic E-state index is 11.6. The Balaban J connectivity index is 1.18. The Hall–Kier alpha value is -5.34. The molecule has 0 aromatic heterocycles. The van der Waals surface area contributed by atoms with Crippen LogP contribution < -0.4 is 9.47 Å². The predicted octanol–water partition coefficient (Wildman–Crippen LogP) is 7.39. The molecular formula is C51H62O12. The molecule has 0 radical (unpaired) electrons. The van der Waals surface area contributed by atoms with E-state index in [9.17, 15) is 19.8 Å². The largest absolute Gasteiger partial charge is 0.491 e. The van der Waals surface area contributed by atoms with Crippen molar-refractivity contribution < 1.29 is 57.7 Å². The maximum Gasteiger partial charge on any atom is 0.333 e. The number of aliphatic hydroxyl groups excluding tert-OH is 2. The van der Waals surface area contributed by atoms with Crippen LogP contribution in [0.1, 0.15) is 63.8 Å². The van der Waals surface area contributed by atoms with Gasteiger partial charge in [0.1, 0.15) is 50.1 Å². The van der Waals surface area contributed by atoms with E-state index in [1.807, 2.05) is 52.0 Å². The second kappa shape index (κ2) is 23.4. The minimum atomic E-state index is -0.954. The monoisotopic (exact) mass is 866 g/mol. The first kappa shape index (κ1) is 48.7. The molecule has 1 aliphatic carbocycles. The molecule has 4 aromatic rings. The van der Waals surface area contributed by atoms with E-state index < -0.39 is 29.6 Å². The van der Waals surface area contributed by atoms with Crippen molar-refractivity contribution >= 4 is 11.9 Å². The summed E-state index contributed by atoms with van der Waals surface area (Å²) in [7, 11) is 0. The first-order valence-corrected chi connectivity index (χ1v) is 21.3. The summed E-state index contributed by atoms with van der Waals surface area (Å²) in [5.74, 6) is 0.313. The van der Waals surface area contributed by atoms with Crippen molar-refractivity contribution in [1.29, 1.82) is 0 Å². The van der Waals surface area contributed by atoms with Crippen LogP contribution in [-0.4, -0.2) is 112 Å². The fourth-order valence-electron chi connectivity index (χ4n) is 7.08. The van der Waals surface area contributed by atoms with Crippen LogP contribution in [0.25, 0.3) is 11.1 Å². The average Bonchev–Trinajstić information content (AvgIpc) is 3.59. The van der Waals surface area contributed by atoms with E-state index >= 15 is 0 Å². The molecule has 0 amide bonds. The van der Waals surface area contributed by atoms with Crippen molar-refractivity contribution in [3.8, 4) is 22.6 Å². The molecule has 2 N–H and O–H groups in total. The maximum absolute atomic E-state index is 11.6. The van der Waals surface area contributed by atoms with Crippen LogP contribution in [0.3, 0.4) is 0 Å². The van der Waals surface area contributed by atoms with Gasteiger partial charge in [-0.2, -0.15) is 0 Å². The normalized spacial score (nSPS) is 15.4. The van der Waals surface area contributed by atoms with Crippen molar-refractivity contribution in [2.75, 3.05) is 52.9 Å². The van der Waals surface area contributed by atoms with Crippen LogP contribution in [0.4, 0.5) is 0 Å². The van der Waals surface area contributed by atoms with Gasteiger partial charge in [-0.1, -0.05) is 86.0 Å². The smallest absolute Gasteiger partial charge is 0.333 e. The zero-order valence-electron chi connectivity index (χ0n) is 37.2. The SMILES string of the molecule is C=C(C)C(=O)OCC(O)COC(C)COC(C)COc1ccc(C2(c3ccc(OCC(C)OCC(C)OCC(O)COC(=O)C(=C)C)cc3)c3ccccc3-c3ccccc32)cc1. The van der Waals surface area contributed by atoms with Gasteiger partial charge in [-0.25, -0.2) is 9.59 Å². The lowest BCUT2D eigenvalue weighted by Gasteiger charge is -2.34. The molecule has 12 heteroatoms. The van der Waals surface area contributed by atoms with Crippen LogP contribution in [-0.2, 0) is 43.4 Å². The topological polar surface area (TPSA) is 148 Å². The number of rotatable bonds is 26. The quantitative estimate of drug-likeness (QED) is 0.0422. The van der Waals surface area contributed by atoms with Gasteiger partial charge in [0.15, 0.2) is 0 Å². The van der Waals surface area contributed by atoms with Crippen LogP contribution >= 0.6 is 0 Å². The second-order valence-corrected chi connectivity index (χ2v) is 16.2. The van der Waals surface area contributed by atoms with Gasteiger partial charge in [-0.15, -0.1) is 0 Å². The van der Waals surface area contributed by atoms with Crippen molar-refractivity contribution in [2.45, 2.75) is 83.6 Å². The van der Waals surface area contributed by atoms with Crippen molar-refractivity contribution in [3.63, 3.8) is 0 Å². The third-order valence-corrected chi connectivity index (χ3v) is 10.4. The minimum absolute atomic E-state index is 0.00104. The molecule has 338 valence electrons. The minimum Gasteiger partial charge on any atom is -0.491 e. The highest BCUT2D eigenvalue weighted by Gasteiger charge is 2.45. The number of esters is 2. The molecule has 0 spiro atoms. The fraction of sp³-hybridized carbons (Fsp3) is 0.412. The number of carbonyl (C=O) groups excluding carboxylic acids is 2. The Labute approximate surface area is 371 Å². The molecule has 6 unspecified atom stereocenters. The Bertz CT molecular complexity index is 1960. The number of ether oxygens (including phenoxy) is 8. The molecular weight excluding hydrogens is 805 g/mol. The molecule has 0 aliphatic heterocycles.